The summed E-state index contributed by atoms with van der Waals surface area (Å²) in [6.07, 6.45) is 5.52. The van der Waals surface area contributed by atoms with E-state index in [1.54, 1.807) is 24.3 Å². The van der Waals surface area contributed by atoms with Crippen molar-refractivity contribution >= 4 is 23.8 Å². The van der Waals surface area contributed by atoms with Crippen LogP contribution in [0.15, 0.2) is 49.1 Å². The molecule has 10 nitrogen and oxygen atoms in total. The fourth-order valence-electron chi connectivity index (χ4n) is 1.25. The molecular weight excluding hydrogens is 344 g/mol. The van der Waals surface area contributed by atoms with E-state index in [1.807, 2.05) is 0 Å². The number of hydrogen-bond acceptors (Lipinski definition) is 6. The summed E-state index contributed by atoms with van der Waals surface area (Å²) in [5.74, 6) is -2.99. The minimum atomic E-state index is -1.08. The van der Waals surface area contributed by atoms with Crippen LogP contribution in [0.25, 0.3) is 0 Å². The summed E-state index contributed by atoms with van der Waals surface area (Å²) < 4.78 is 0. The molecule has 2 aromatic heterocycles. The number of carboxylic acid groups (broad SMARTS) is 2. The summed E-state index contributed by atoms with van der Waals surface area (Å²) in [6.45, 7) is 0. The van der Waals surface area contributed by atoms with Crippen LogP contribution in [0.3, 0.4) is 0 Å². The predicted molar refractivity (Wildman–Crippen MR) is 90.0 cm³/mol. The molecule has 138 valence electrons. The van der Waals surface area contributed by atoms with Gasteiger partial charge in [0, 0.05) is 35.9 Å². The van der Waals surface area contributed by atoms with E-state index < -0.39 is 23.8 Å². The van der Waals surface area contributed by atoms with Crippen LogP contribution in [0.2, 0.25) is 0 Å². The number of amides is 2. The Balaban J connectivity index is 0.000000362. The third kappa shape index (κ3) is 11.7. The molecule has 2 aromatic rings. The number of aromatic nitrogens is 2. The number of primary amides is 2. The summed E-state index contributed by atoms with van der Waals surface area (Å²) in [7, 11) is 0. The number of rotatable bonds is 5. The Labute approximate surface area is 148 Å². The summed E-state index contributed by atoms with van der Waals surface area (Å²) in [5.41, 5.74) is 10.9. The molecule has 0 aliphatic rings. The number of hydrogen-bond donors (Lipinski definition) is 4. The Bertz CT molecular complexity index is 659. The smallest absolute Gasteiger partial charge is 0.303 e. The molecule has 0 radical (unpaired) electrons. The normalized spacial score (nSPS) is 8.77. The zero-order valence-electron chi connectivity index (χ0n) is 13.6. The molecule has 0 fully saturated rings. The highest BCUT2D eigenvalue weighted by Crippen LogP contribution is 1.92. The number of carbonyl (C=O) groups is 4. The van der Waals surface area contributed by atoms with Crippen molar-refractivity contribution in [3.8, 4) is 0 Å². The van der Waals surface area contributed by atoms with Crippen molar-refractivity contribution < 1.29 is 29.4 Å². The van der Waals surface area contributed by atoms with E-state index in [0.29, 0.717) is 11.1 Å². The van der Waals surface area contributed by atoms with E-state index in [9.17, 15) is 19.2 Å². The fraction of sp³-hybridized carbons (Fsp3) is 0.125. The quantitative estimate of drug-likeness (QED) is 0.584. The van der Waals surface area contributed by atoms with Crippen LogP contribution in [0.5, 0.6) is 0 Å². The monoisotopic (exact) mass is 362 g/mol. The number of carbonyl (C=O) groups excluding carboxylic acids is 2. The van der Waals surface area contributed by atoms with Crippen molar-refractivity contribution in [2.75, 3.05) is 0 Å². The minimum Gasteiger partial charge on any atom is -0.481 e. The topological polar surface area (TPSA) is 187 Å². The van der Waals surface area contributed by atoms with Gasteiger partial charge < -0.3 is 21.7 Å². The van der Waals surface area contributed by atoms with Gasteiger partial charge in [-0.2, -0.15) is 0 Å². The second-order valence-corrected chi connectivity index (χ2v) is 4.49. The van der Waals surface area contributed by atoms with Gasteiger partial charge in [0.05, 0.1) is 12.8 Å². The van der Waals surface area contributed by atoms with Gasteiger partial charge in [-0.15, -0.1) is 0 Å². The standard InChI is InChI=1S/2C6H6N2O.C4H6O4/c2*7-6(9)5-1-3-8-4-2-5;5-3(6)1-2-4(7)8/h2*1-4H,(H2,7,9);1-2H2,(H,5,6)(H,7,8). The maximum atomic E-state index is 10.4. The average Bonchev–Trinajstić information content (AvgIpc) is 2.62. The summed E-state index contributed by atoms with van der Waals surface area (Å²) >= 11 is 0. The first kappa shape index (κ1) is 22.2. The lowest BCUT2D eigenvalue weighted by atomic mass is 10.3. The summed E-state index contributed by atoms with van der Waals surface area (Å²) in [5, 5.41) is 15.8. The van der Waals surface area contributed by atoms with Crippen molar-refractivity contribution in [1.82, 2.24) is 9.97 Å². The van der Waals surface area contributed by atoms with Gasteiger partial charge in [0.15, 0.2) is 0 Å². The molecule has 2 amide bonds. The van der Waals surface area contributed by atoms with Gasteiger partial charge in [-0.25, -0.2) is 0 Å². The van der Waals surface area contributed by atoms with Crippen molar-refractivity contribution in [2.45, 2.75) is 12.8 Å². The van der Waals surface area contributed by atoms with E-state index in [0.717, 1.165) is 0 Å². The van der Waals surface area contributed by atoms with Gasteiger partial charge >= 0.3 is 11.9 Å². The molecule has 0 saturated heterocycles. The molecule has 0 atom stereocenters. The third-order valence-corrected chi connectivity index (χ3v) is 2.48. The Morgan fingerprint density at radius 2 is 0.962 bits per heavy atom. The van der Waals surface area contributed by atoms with E-state index in [2.05, 4.69) is 9.97 Å². The third-order valence-electron chi connectivity index (χ3n) is 2.48. The molecule has 0 unspecified atom stereocenters. The Hall–Kier alpha value is -3.82. The van der Waals surface area contributed by atoms with Crippen molar-refractivity contribution in [3.63, 3.8) is 0 Å². The SMILES string of the molecule is NC(=O)c1ccncc1.NC(=O)c1ccncc1.O=C(O)CCC(=O)O. The maximum absolute atomic E-state index is 10.4. The first-order chi connectivity index (χ1) is 12.2. The first-order valence-electron chi connectivity index (χ1n) is 7.07. The van der Waals surface area contributed by atoms with Gasteiger partial charge in [-0.05, 0) is 24.3 Å². The zero-order chi connectivity index (χ0) is 19.9. The van der Waals surface area contributed by atoms with Crippen molar-refractivity contribution in [3.05, 3.63) is 60.2 Å². The second-order valence-electron chi connectivity index (χ2n) is 4.49. The second kappa shape index (κ2) is 12.6. The van der Waals surface area contributed by atoms with Crippen LogP contribution >= 0.6 is 0 Å². The Morgan fingerprint density at radius 3 is 1.12 bits per heavy atom. The molecule has 26 heavy (non-hydrogen) atoms. The molecule has 0 aliphatic heterocycles. The maximum Gasteiger partial charge on any atom is 0.303 e. The molecule has 6 N–H and O–H groups in total. The van der Waals surface area contributed by atoms with Crippen LogP contribution in [-0.2, 0) is 9.59 Å². The molecule has 0 spiro atoms. The van der Waals surface area contributed by atoms with Gasteiger partial charge in [0.2, 0.25) is 11.8 Å². The number of nitrogens with two attached hydrogens (primary N) is 2. The highest BCUT2D eigenvalue weighted by atomic mass is 16.4. The number of pyridine rings is 2. The molecule has 2 rings (SSSR count). The van der Waals surface area contributed by atoms with Gasteiger partial charge in [-0.1, -0.05) is 0 Å². The van der Waals surface area contributed by atoms with Gasteiger partial charge in [0.1, 0.15) is 0 Å². The lowest BCUT2D eigenvalue weighted by Gasteiger charge is -1.88. The highest BCUT2D eigenvalue weighted by Gasteiger charge is 2.00. The van der Waals surface area contributed by atoms with E-state index in [1.165, 1.54) is 24.8 Å². The zero-order valence-corrected chi connectivity index (χ0v) is 13.6. The molecule has 0 bridgehead atoms. The molecule has 0 saturated carbocycles. The highest BCUT2D eigenvalue weighted by molar-refractivity contribution is 5.92. The lowest BCUT2D eigenvalue weighted by molar-refractivity contribution is -0.143. The van der Waals surface area contributed by atoms with E-state index in [-0.39, 0.29) is 12.8 Å². The van der Waals surface area contributed by atoms with Crippen molar-refractivity contribution in [2.24, 2.45) is 11.5 Å². The number of aliphatic carboxylic acids is 2. The van der Waals surface area contributed by atoms with Gasteiger partial charge in [0.25, 0.3) is 0 Å². The van der Waals surface area contributed by atoms with Crippen LogP contribution < -0.4 is 11.5 Å². The van der Waals surface area contributed by atoms with Crippen LogP contribution in [0.1, 0.15) is 33.6 Å². The Kier molecular flexibility index (Phi) is 10.7. The molecule has 2 heterocycles. The van der Waals surface area contributed by atoms with Crippen LogP contribution in [0.4, 0.5) is 0 Å². The average molecular weight is 362 g/mol. The molecular formula is C16H18N4O6. The Morgan fingerprint density at radius 1 is 0.692 bits per heavy atom. The molecule has 0 aromatic carbocycles. The fourth-order valence-corrected chi connectivity index (χ4v) is 1.25. The molecule has 0 aliphatic carbocycles. The molecule has 10 heteroatoms. The van der Waals surface area contributed by atoms with Gasteiger partial charge in [-0.3, -0.25) is 29.1 Å². The summed E-state index contributed by atoms with van der Waals surface area (Å²) in [6, 6.07) is 6.29. The van der Waals surface area contributed by atoms with Crippen LogP contribution in [-0.4, -0.2) is 43.9 Å². The van der Waals surface area contributed by atoms with E-state index >= 15 is 0 Å². The summed E-state index contributed by atoms with van der Waals surface area (Å²) in [4.78, 5) is 47.5. The minimum absolute atomic E-state index is 0.296. The lowest BCUT2D eigenvalue weighted by Crippen LogP contribution is -2.10. The van der Waals surface area contributed by atoms with Crippen LogP contribution in [0, 0.1) is 0 Å². The largest absolute Gasteiger partial charge is 0.481 e. The number of nitrogens with zero attached hydrogens (tertiary/aromatic N) is 2. The number of carboxylic acids is 2. The van der Waals surface area contributed by atoms with Crippen molar-refractivity contribution in [1.29, 1.82) is 0 Å². The first-order valence-corrected chi connectivity index (χ1v) is 7.07. The van der Waals surface area contributed by atoms with E-state index in [4.69, 9.17) is 21.7 Å². The predicted octanol–water partition coefficient (Wildman–Crippen LogP) is 0.297.